The number of carbonyl (C=O) groups is 1. The van der Waals surface area contributed by atoms with Crippen molar-refractivity contribution in [2.24, 2.45) is 0 Å². The third-order valence-corrected chi connectivity index (χ3v) is 1.66. The molecule has 0 aliphatic rings. The first-order valence-corrected chi connectivity index (χ1v) is 3.85. The van der Waals surface area contributed by atoms with Gasteiger partial charge in [0.25, 0.3) is 0 Å². The number of carboxylic acids is 1. The largest absolute Gasteiger partial charge is 1.00 e. The summed E-state index contributed by atoms with van der Waals surface area (Å²) in [6, 6.07) is 1.38. The molecule has 0 amide bonds. The van der Waals surface area contributed by atoms with Gasteiger partial charge in [-0.1, -0.05) is 0 Å². The van der Waals surface area contributed by atoms with E-state index in [1.807, 2.05) is 0 Å². The van der Waals surface area contributed by atoms with Crippen molar-refractivity contribution < 1.29 is 33.5 Å². The maximum atomic E-state index is 10.5. The molecule has 0 saturated heterocycles. The van der Waals surface area contributed by atoms with E-state index in [-0.39, 0.29) is 30.3 Å². The topological polar surface area (TPSA) is 62.2 Å². The second-order valence-electron chi connectivity index (χ2n) is 2.00. The maximum absolute atomic E-state index is 10.5. The SMILES string of the molecule is COc1ncc(Br)cc1C(=O)[O-].[Li+]. The molecule has 0 atom stereocenters. The molecule has 0 N–H and O–H groups in total. The van der Waals surface area contributed by atoms with Crippen molar-refractivity contribution in [3.05, 3.63) is 22.3 Å². The number of hydrogen-bond donors (Lipinski definition) is 0. The number of rotatable bonds is 2. The summed E-state index contributed by atoms with van der Waals surface area (Å²) in [5.41, 5.74) is -0.0631. The van der Waals surface area contributed by atoms with Gasteiger partial charge >= 0.3 is 18.9 Å². The van der Waals surface area contributed by atoms with Crippen LogP contribution in [0.1, 0.15) is 10.4 Å². The molecule has 1 aromatic rings. The van der Waals surface area contributed by atoms with Gasteiger partial charge in [-0.2, -0.15) is 0 Å². The van der Waals surface area contributed by atoms with Gasteiger partial charge in [0.1, 0.15) is 0 Å². The number of methoxy groups -OCH3 is 1. The summed E-state index contributed by atoms with van der Waals surface area (Å²) in [5.74, 6) is -1.25. The van der Waals surface area contributed by atoms with Crippen molar-refractivity contribution in [1.82, 2.24) is 4.98 Å². The third kappa shape index (κ3) is 3.03. The Morgan fingerprint density at radius 2 is 2.31 bits per heavy atom. The van der Waals surface area contributed by atoms with Crippen LogP contribution in [0.25, 0.3) is 0 Å². The number of pyridine rings is 1. The summed E-state index contributed by atoms with van der Waals surface area (Å²) >= 11 is 3.08. The van der Waals surface area contributed by atoms with Crippen molar-refractivity contribution in [3.8, 4) is 5.88 Å². The molecule has 13 heavy (non-hydrogen) atoms. The second-order valence-corrected chi connectivity index (χ2v) is 2.91. The van der Waals surface area contributed by atoms with Gasteiger partial charge in [0.05, 0.1) is 18.6 Å². The van der Waals surface area contributed by atoms with Crippen LogP contribution in [-0.2, 0) is 0 Å². The van der Waals surface area contributed by atoms with Gasteiger partial charge in [-0.15, -0.1) is 0 Å². The summed E-state index contributed by atoms with van der Waals surface area (Å²) in [6.07, 6.45) is 1.45. The van der Waals surface area contributed by atoms with Crippen LogP contribution >= 0.6 is 15.9 Å². The Labute approximate surface area is 95.6 Å². The fourth-order valence-electron chi connectivity index (χ4n) is 0.736. The molecule has 0 saturated carbocycles. The molecule has 1 heterocycles. The first-order valence-electron chi connectivity index (χ1n) is 3.06. The van der Waals surface area contributed by atoms with Gasteiger partial charge in [0.15, 0.2) is 0 Å². The zero-order valence-corrected chi connectivity index (χ0v) is 8.79. The molecule has 64 valence electrons. The van der Waals surface area contributed by atoms with E-state index in [2.05, 4.69) is 20.9 Å². The number of carboxylic acid groups (broad SMARTS) is 1. The standard InChI is InChI=1S/C7H6BrNO3.Li/c1-12-6-5(7(10)11)2-4(8)3-9-6;/h2-3H,1H3,(H,10,11);/q;+1/p-1. The van der Waals surface area contributed by atoms with Crippen LogP contribution in [0, 0.1) is 0 Å². The Balaban J connectivity index is 0.00000144. The van der Waals surface area contributed by atoms with Gasteiger partial charge in [0, 0.05) is 10.7 Å². The number of aromatic nitrogens is 1. The zero-order chi connectivity index (χ0) is 9.14. The van der Waals surface area contributed by atoms with E-state index < -0.39 is 5.97 Å². The van der Waals surface area contributed by atoms with E-state index in [1.165, 1.54) is 19.4 Å². The van der Waals surface area contributed by atoms with Crippen LogP contribution in [0.3, 0.4) is 0 Å². The Kier molecular flexibility index (Phi) is 5.07. The van der Waals surface area contributed by atoms with Crippen LogP contribution in [0.15, 0.2) is 16.7 Å². The molecule has 6 heteroatoms. The van der Waals surface area contributed by atoms with E-state index in [0.29, 0.717) is 4.47 Å². The van der Waals surface area contributed by atoms with Crippen molar-refractivity contribution in [2.75, 3.05) is 7.11 Å². The number of ether oxygens (including phenoxy) is 1. The van der Waals surface area contributed by atoms with Crippen LogP contribution in [-0.4, -0.2) is 18.1 Å². The summed E-state index contributed by atoms with van der Waals surface area (Å²) in [5, 5.41) is 10.5. The minimum Gasteiger partial charge on any atom is -0.545 e. The fourth-order valence-corrected chi connectivity index (χ4v) is 1.07. The molecule has 0 bridgehead atoms. The monoisotopic (exact) mass is 237 g/mol. The number of hydrogen-bond acceptors (Lipinski definition) is 4. The summed E-state index contributed by atoms with van der Waals surface area (Å²) in [4.78, 5) is 14.2. The predicted molar refractivity (Wildman–Crippen MR) is 42.8 cm³/mol. The van der Waals surface area contributed by atoms with Gasteiger partial charge < -0.3 is 14.6 Å². The van der Waals surface area contributed by atoms with Gasteiger partial charge in [-0.3, -0.25) is 0 Å². The van der Waals surface area contributed by atoms with E-state index in [0.717, 1.165) is 0 Å². The minimum atomic E-state index is -1.30. The van der Waals surface area contributed by atoms with Crippen molar-refractivity contribution >= 4 is 21.9 Å². The Morgan fingerprint density at radius 3 is 2.77 bits per heavy atom. The molecular formula is C7H5BrLiNO3. The Hall–Kier alpha value is -0.503. The van der Waals surface area contributed by atoms with E-state index in [9.17, 15) is 9.90 Å². The first kappa shape index (κ1) is 12.5. The molecule has 1 aromatic heterocycles. The number of carbonyl (C=O) groups excluding carboxylic acids is 1. The molecule has 4 nitrogen and oxygen atoms in total. The first-order chi connectivity index (χ1) is 5.65. The van der Waals surface area contributed by atoms with Crippen LogP contribution in [0.2, 0.25) is 0 Å². The van der Waals surface area contributed by atoms with Gasteiger partial charge in [-0.05, 0) is 22.0 Å². The molecular weight excluding hydrogens is 233 g/mol. The molecule has 0 radical (unpaired) electrons. The van der Waals surface area contributed by atoms with Crippen molar-refractivity contribution in [2.45, 2.75) is 0 Å². The summed E-state index contributed by atoms with van der Waals surface area (Å²) < 4.78 is 5.28. The minimum absolute atomic E-state index is 0. The van der Waals surface area contributed by atoms with E-state index in [4.69, 9.17) is 4.74 Å². The predicted octanol–water partition coefficient (Wildman–Crippen LogP) is -2.78. The average molecular weight is 238 g/mol. The molecule has 0 aromatic carbocycles. The number of nitrogens with zero attached hydrogens (tertiary/aromatic N) is 1. The average Bonchev–Trinajstić information content (AvgIpc) is 2.04. The smallest absolute Gasteiger partial charge is 0.545 e. The number of halogens is 1. The second kappa shape index (κ2) is 5.28. The molecule has 0 aliphatic carbocycles. The molecule has 0 unspecified atom stereocenters. The molecule has 0 fully saturated rings. The summed E-state index contributed by atoms with van der Waals surface area (Å²) in [7, 11) is 1.35. The fraction of sp³-hybridized carbons (Fsp3) is 0.143. The quantitative estimate of drug-likeness (QED) is 0.523. The zero-order valence-electron chi connectivity index (χ0n) is 7.20. The van der Waals surface area contributed by atoms with Crippen molar-refractivity contribution in [1.29, 1.82) is 0 Å². The third-order valence-electron chi connectivity index (χ3n) is 1.23. The van der Waals surface area contributed by atoms with Crippen LogP contribution in [0.4, 0.5) is 0 Å². The molecule has 1 rings (SSSR count). The van der Waals surface area contributed by atoms with Gasteiger partial charge in [-0.25, -0.2) is 4.98 Å². The Bertz CT molecular complexity index is 319. The van der Waals surface area contributed by atoms with E-state index >= 15 is 0 Å². The van der Waals surface area contributed by atoms with Crippen LogP contribution < -0.4 is 28.7 Å². The van der Waals surface area contributed by atoms with Crippen LogP contribution in [0.5, 0.6) is 5.88 Å². The Morgan fingerprint density at radius 1 is 1.69 bits per heavy atom. The normalized spacial score (nSPS) is 8.77. The van der Waals surface area contributed by atoms with Gasteiger partial charge in [0.2, 0.25) is 5.88 Å². The maximum Gasteiger partial charge on any atom is 1.00 e. The number of aromatic carboxylic acids is 1. The molecule has 0 aliphatic heterocycles. The van der Waals surface area contributed by atoms with Crippen molar-refractivity contribution in [3.63, 3.8) is 0 Å². The summed E-state index contributed by atoms with van der Waals surface area (Å²) in [6.45, 7) is 0. The van der Waals surface area contributed by atoms with E-state index in [1.54, 1.807) is 0 Å². The molecule has 0 spiro atoms.